The van der Waals surface area contributed by atoms with E-state index in [9.17, 15) is 0 Å². The van der Waals surface area contributed by atoms with Crippen molar-refractivity contribution in [2.24, 2.45) is 0 Å². The Kier molecular flexibility index (Phi) is 2.60. The van der Waals surface area contributed by atoms with Crippen molar-refractivity contribution in [2.75, 3.05) is 12.3 Å². The molecular formula is C15H12N4O2. The third-order valence-corrected chi connectivity index (χ3v) is 3.49. The van der Waals surface area contributed by atoms with Crippen LogP contribution in [0.4, 0.5) is 5.82 Å². The first-order chi connectivity index (χ1) is 10.3. The van der Waals surface area contributed by atoms with E-state index in [2.05, 4.69) is 15.1 Å². The van der Waals surface area contributed by atoms with Gasteiger partial charge in [0.1, 0.15) is 18.2 Å². The Morgan fingerprint density at radius 2 is 2.05 bits per heavy atom. The van der Waals surface area contributed by atoms with Gasteiger partial charge >= 0.3 is 0 Å². The zero-order valence-corrected chi connectivity index (χ0v) is 11.1. The summed E-state index contributed by atoms with van der Waals surface area (Å²) in [4.78, 5) is 8.48. The Morgan fingerprint density at radius 3 is 2.90 bits per heavy atom. The van der Waals surface area contributed by atoms with Crippen molar-refractivity contribution in [1.82, 2.24) is 15.1 Å². The molecule has 6 nitrogen and oxygen atoms in total. The van der Waals surface area contributed by atoms with Crippen molar-refractivity contribution in [3.63, 3.8) is 0 Å². The molecule has 2 N–H and O–H groups in total. The van der Waals surface area contributed by atoms with Crippen LogP contribution >= 0.6 is 0 Å². The fourth-order valence-corrected chi connectivity index (χ4v) is 2.40. The number of nitrogens with two attached hydrogens (primary N) is 1. The number of aromatic nitrogens is 3. The molecule has 0 spiro atoms. The van der Waals surface area contributed by atoms with Gasteiger partial charge in [0.15, 0.2) is 5.82 Å². The molecule has 4 rings (SSSR count). The zero-order chi connectivity index (χ0) is 14.2. The molecule has 0 saturated carbocycles. The first-order valence-electron chi connectivity index (χ1n) is 6.58. The van der Waals surface area contributed by atoms with Gasteiger partial charge in [-0.15, -0.1) is 0 Å². The van der Waals surface area contributed by atoms with Crippen LogP contribution in [0.25, 0.3) is 11.5 Å². The van der Waals surface area contributed by atoms with Crippen molar-refractivity contribution in [3.8, 4) is 17.2 Å². The fourth-order valence-electron chi connectivity index (χ4n) is 2.40. The van der Waals surface area contributed by atoms with Gasteiger partial charge in [0.05, 0.1) is 11.5 Å². The molecule has 1 unspecified atom stereocenters. The van der Waals surface area contributed by atoms with E-state index >= 15 is 0 Å². The number of nitrogens with zero attached hydrogens (tertiary/aromatic N) is 3. The highest BCUT2D eigenvalue weighted by molar-refractivity contribution is 5.53. The SMILES string of the molecule is Nc1ccc(-c2nc(C3COc4ccccc43)no2)cn1. The Balaban J connectivity index is 1.68. The quantitative estimate of drug-likeness (QED) is 0.774. The average Bonchev–Trinajstić information content (AvgIpc) is 3.14. The molecule has 0 bridgehead atoms. The van der Waals surface area contributed by atoms with Gasteiger partial charge in [-0.3, -0.25) is 0 Å². The van der Waals surface area contributed by atoms with Crippen LogP contribution in [0.3, 0.4) is 0 Å². The van der Waals surface area contributed by atoms with Crippen molar-refractivity contribution < 1.29 is 9.26 Å². The maximum Gasteiger partial charge on any atom is 0.259 e. The molecule has 1 atom stereocenters. The summed E-state index contributed by atoms with van der Waals surface area (Å²) in [5.41, 5.74) is 7.40. The van der Waals surface area contributed by atoms with E-state index in [1.165, 1.54) is 0 Å². The van der Waals surface area contributed by atoms with E-state index in [0.717, 1.165) is 16.9 Å². The second-order valence-electron chi connectivity index (χ2n) is 4.83. The summed E-state index contributed by atoms with van der Waals surface area (Å²) in [5.74, 6) is 2.38. The summed E-state index contributed by atoms with van der Waals surface area (Å²) < 4.78 is 11.0. The smallest absolute Gasteiger partial charge is 0.259 e. The van der Waals surface area contributed by atoms with Gasteiger partial charge in [0.25, 0.3) is 5.89 Å². The number of hydrogen-bond acceptors (Lipinski definition) is 6. The van der Waals surface area contributed by atoms with E-state index in [4.69, 9.17) is 15.0 Å². The van der Waals surface area contributed by atoms with Gasteiger partial charge in [-0.25, -0.2) is 4.98 Å². The minimum absolute atomic E-state index is 0.000408. The lowest BCUT2D eigenvalue weighted by Gasteiger charge is -2.01. The summed E-state index contributed by atoms with van der Waals surface area (Å²) in [6, 6.07) is 11.4. The van der Waals surface area contributed by atoms with Crippen LogP contribution in [0, 0.1) is 0 Å². The van der Waals surface area contributed by atoms with E-state index in [1.807, 2.05) is 24.3 Å². The highest BCUT2D eigenvalue weighted by Gasteiger charge is 2.29. The number of ether oxygens (including phenoxy) is 1. The molecule has 1 aliphatic heterocycles. The minimum Gasteiger partial charge on any atom is -0.492 e. The molecular weight excluding hydrogens is 268 g/mol. The standard InChI is InChI=1S/C15H12N4O2/c16-13-6-5-9(7-17-13)15-18-14(19-21-15)11-8-20-12-4-2-1-3-10(11)12/h1-7,11H,8H2,(H2,16,17). The van der Waals surface area contributed by atoms with Gasteiger partial charge in [-0.05, 0) is 18.2 Å². The Morgan fingerprint density at radius 1 is 1.14 bits per heavy atom. The summed E-state index contributed by atoms with van der Waals surface area (Å²) in [7, 11) is 0. The number of benzene rings is 1. The molecule has 2 aromatic heterocycles. The van der Waals surface area contributed by atoms with Crippen LogP contribution in [-0.2, 0) is 0 Å². The molecule has 1 aliphatic rings. The second-order valence-corrected chi connectivity index (χ2v) is 4.83. The number of rotatable bonds is 2. The first kappa shape index (κ1) is 11.9. The van der Waals surface area contributed by atoms with Gasteiger partial charge in [-0.2, -0.15) is 4.98 Å². The topological polar surface area (TPSA) is 87.1 Å². The van der Waals surface area contributed by atoms with Crippen LogP contribution in [0.5, 0.6) is 5.75 Å². The molecule has 0 amide bonds. The van der Waals surface area contributed by atoms with Crippen LogP contribution in [-0.4, -0.2) is 21.7 Å². The number of hydrogen-bond donors (Lipinski definition) is 1. The predicted molar refractivity (Wildman–Crippen MR) is 75.7 cm³/mol. The third-order valence-electron chi connectivity index (χ3n) is 3.49. The molecule has 3 heterocycles. The molecule has 21 heavy (non-hydrogen) atoms. The summed E-state index contributed by atoms with van der Waals surface area (Å²) in [6.45, 7) is 0.526. The molecule has 104 valence electrons. The molecule has 3 aromatic rings. The number of pyridine rings is 1. The monoisotopic (exact) mass is 280 g/mol. The van der Waals surface area contributed by atoms with E-state index < -0.39 is 0 Å². The Labute approximate surface area is 120 Å². The summed E-state index contributed by atoms with van der Waals surface area (Å²) in [6.07, 6.45) is 1.62. The number of anilines is 1. The van der Waals surface area contributed by atoms with Gasteiger partial charge in [0.2, 0.25) is 0 Å². The van der Waals surface area contributed by atoms with Gasteiger partial charge < -0.3 is 15.0 Å². The van der Waals surface area contributed by atoms with Crippen LogP contribution in [0.1, 0.15) is 17.3 Å². The number of para-hydroxylation sites is 1. The first-order valence-corrected chi connectivity index (χ1v) is 6.58. The summed E-state index contributed by atoms with van der Waals surface area (Å²) in [5, 5.41) is 4.07. The van der Waals surface area contributed by atoms with E-state index in [1.54, 1.807) is 18.3 Å². The minimum atomic E-state index is 0.000408. The lowest BCUT2D eigenvalue weighted by molar-refractivity contribution is 0.334. The maximum atomic E-state index is 5.65. The van der Waals surface area contributed by atoms with Crippen LogP contribution < -0.4 is 10.5 Å². The number of nitrogen functional groups attached to an aromatic ring is 1. The Hall–Kier alpha value is -2.89. The van der Waals surface area contributed by atoms with Crippen LogP contribution in [0.15, 0.2) is 47.1 Å². The van der Waals surface area contributed by atoms with Gasteiger partial charge in [0, 0.05) is 11.8 Å². The zero-order valence-electron chi connectivity index (χ0n) is 11.1. The predicted octanol–water partition coefficient (Wildman–Crippen LogP) is 2.24. The molecule has 0 radical (unpaired) electrons. The average molecular weight is 280 g/mol. The van der Waals surface area contributed by atoms with Gasteiger partial charge in [-0.1, -0.05) is 23.4 Å². The highest BCUT2D eigenvalue weighted by atomic mass is 16.5. The lowest BCUT2D eigenvalue weighted by Crippen LogP contribution is -2.04. The third kappa shape index (κ3) is 2.01. The largest absolute Gasteiger partial charge is 0.492 e. The number of fused-ring (bicyclic) bond motifs is 1. The molecule has 1 aromatic carbocycles. The van der Waals surface area contributed by atoms with E-state index in [0.29, 0.717) is 24.1 Å². The molecule has 0 aliphatic carbocycles. The van der Waals surface area contributed by atoms with Crippen molar-refractivity contribution in [1.29, 1.82) is 0 Å². The van der Waals surface area contributed by atoms with Crippen molar-refractivity contribution in [2.45, 2.75) is 5.92 Å². The van der Waals surface area contributed by atoms with Crippen molar-refractivity contribution >= 4 is 5.82 Å². The lowest BCUT2D eigenvalue weighted by atomic mass is 10.0. The van der Waals surface area contributed by atoms with Crippen LogP contribution in [0.2, 0.25) is 0 Å². The second kappa shape index (κ2) is 4.59. The fraction of sp³-hybridized carbons (Fsp3) is 0.133. The Bertz CT molecular complexity index is 782. The molecule has 6 heteroatoms. The normalized spacial score (nSPS) is 16.5. The maximum absolute atomic E-state index is 5.65. The molecule has 0 saturated heterocycles. The summed E-state index contributed by atoms with van der Waals surface area (Å²) >= 11 is 0. The highest BCUT2D eigenvalue weighted by Crippen LogP contribution is 2.37. The van der Waals surface area contributed by atoms with Crippen molar-refractivity contribution in [3.05, 3.63) is 54.0 Å². The molecule has 0 fully saturated rings. The van der Waals surface area contributed by atoms with E-state index in [-0.39, 0.29) is 5.92 Å².